The molecular formula is C13H10BrNO. The van der Waals surface area contributed by atoms with Crippen LogP contribution in [0.1, 0.15) is 15.9 Å². The minimum atomic E-state index is 0.598. The molecule has 0 atom stereocenters. The van der Waals surface area contributed by atoms with Crippen molar-refractivity contribution < 1.29 is 4.79 Å². The molecule has 2 rings (SSSR count). The zero-order valence-electron chi connectivity index (χ0n) is 8.56. The molecule has 0 saturated carbocycles. The van der Waals surface area contributed by atoms with Crippen LogP contribution in [-0.2, 0) is 5.33 Å². The largest absolute Gasteiger partial charge is 0.298 e. The number of hydrogen-bond acceptors (Lipinski definition) is 2. The molecule has 3 heteroatoms. The van der Waals surface area contributed by atoms with Crippen LogP contribution in [0.15, 0.2) is 42.6 Å². The predicted octanol–water partition coefficient (Wildman–Crippen LogP) is 3.46. The molecule has 16 heavy (non-hydrogen) atoms. The number of aldehydes is 1. The molecule has 0 N–H and O–H groups in total. The minimum Gasteiger partial charge on any atom is -0.298 e. The van der Waals surface area contributed by atoms with Gasteiger partial charge in [-0.3, -0.25) is 9.78 Å². The van der Waals surface area contributed by atoms with Crippen molar-refractivity contribution in [2.45, 2.75) is 5.33 Å². The first-order valence-corrected chi connectivity index (χ1v) is 6.02. The second-order valence-corrected chi connectivity index (χ2v) is 3.99. The van der Waals surface area contributed by atoms with Crippen molar-refractivity contribution in [3.63, 3.8) is 0 Å². The van der Waals surface area contributed by atoms with Gasteiger partial charge in [0.05, 0.1) is 5.69 Å². The van der Waals surface area contributed by atoms with Crippen LogP contribution >= 0.6 is 15.9 Å². The third-order valence-corrected chi connectivity index (χ3v) is 2.97. The molecule has 0 spiro atoms. The van der Waals surface area contributed by atoms with E-state index in [0.717, 1.165) is 22.9 Å². The lowest BCUT2D eigenvalue weighted by Gasteiger charge is -2.01. The van der Waals surface area contributed by atoms with Gasteiger partial charge in [0, 0.05) is 22.7 Å². The van der Waals surface area contributed by atoms with E-state index in [-0.39, 0.29) is 0 Å². The molecular weight excluding hydrogens is 266 g/mol. The first-order chi connectivity index (χ1) is 7.83. The van der Waals surface area contributed by atoms with Crippen LogP contribution in [0.25, 0.3) is 11.3 Å². The molecule has 1 aromatic carbocycles. The average molecular weight is 276 g/mol. The maximum atomic E-state index is 10.5. The van der Waals surface area contributed by atoms with Gasteiger partial charge in [-0.2, -0.15) is 0 Å². The number of rotatable bonds is 3. The molecule has 0 aliphatic carbocycles. The summed E-state index contributed by atoms with van der Waals surface area (Å²) in [6, 6.07) is 11.8. The predicted molar refractivity (Wildman–Crippen MR) is 67.7 cm³/mol. The van der Waals surface area contributed by atoms with Crippen molar-refractivity contribution in [3.05, 3.63) is 53.7 Å². The summed E-state index contributed by atoms with van der Waals surface area (Å²) in [5.74, 6) is 0. The molecule has 1 heterocycles. The van der Waals surface area contributed by atoms with Crippen molar-refractivity contribution in [2.75, 3.05) is 0 Å². The number of benzene rings is 1. The molecule has 0 amide bonds. The Balaban J connectivity index is 2.31. The van der Waals surface area contributed by atoms with Gasteiger partial charge in [0.1, 0.15) is 0 Å². The lowest BCUT2D eigenvalue weighted by Crippen LogP contribution is -1.86. The molecule has 1 aromatic heterocycles. The summed E-state index contributed by atoms with van der Waals surface area (Å²) in [6.07, 6.45) is 2.38. The van der Waals surface area contributed by atoms with Gasteiger partial charge in [0.25, 0.3) is 0 Å². The second-order valence-electron chi connectivity index (χ2n) is 3.43. The zero-order valence-corrected chi connectivity index (χ0v) is 10.1. The van der Waals surface area contributed by atoms with Gasteiger partial charge >= 0.3 is 0 Å². The number of carbonyl (C=O) groups is 1. The van der Waals surface area contributed by atoms with E-state index in [0.29, 0.717) is 5.56 Å². The number of halogens is 1. The Morgan fingerprint density at radius 1 is 1.12 bits per heavy atom. The van der Waals surface area contributed by atoms with Crippen LogP contribution in [0.2, 0.25) is 0 Å². The Morgan fingerprint density at radius 3 is 2.38 bits per heavy atom. The molecule has 0 fully saturated rings. The van der Waals surface area contributed by atoms with Crippen molar-refractivity contribution in [1.29, 1.82) is 0 Å². The van der Waals surface area contributed by atoms with Crippen molar-refractivity contribution >= 4 is 22.2 Å². The average Bonchev–Trinajstić information content (AvgIpc) is 2.39. The summed E-state index contributed by atoms with van der Waals surface area (Å²) in [7, 11) is 0. The molecule has 2 aromatic rings. The van der Waals surface area contributed by atoms with Gasteiger partial charge in [-0.15, -0.1) is 0 Å². The van der Waals surface area contributed by atoms with E-state index in [2.05, 4.69) is 33.0 Å². The highest BCUT2D eigenvalue weighted by Gasteiger charge is 1.99. The number of alkyl halides is 1. The molecule has 0 saturated heterocycles. The van der Waals surface area contributed by atoms with Gasteiger partial charge in [0.2, 0.25) is 0 Å². The third-order valence-electron chi connectivity index (χ3n) is 2.33. The quantitative estimate of drug-likeness (QED) is 0.634. The lowest BCUT2D eigenvalue weighted by molar-refractivity contribution is 0.112. The molecule has 80 valence electrons. The SMILES string of the molecule is O=Cc1ccc(-c2ccc(CBr)cc2)nc1. The van der Waals surface area contributed by atoms with Crippen LogP contribution in [0.3, 0.4) is 0 Å². The van der Waals surface area contributed by atoms with Gasteiger partial charge in [-0.25, -0.2) is 0 Å². The molecule has 0 unspecified atom stereocenters. The standard InChI is InChI=1S/C13H10BrNO/c14-7-10-1-4-12(5-2-10)13-6-3-11(9-16)8-15-13/h1-6,8-9H,7H2. The molecule has 0 aliphatic rings. The van der Waals surface area contributed by atoms with Gasteiger partial charge in [-0.05, 0) is 17.7 Å². The number of nitrogens with zero attached hydrogens (tertiary/aromatic N) is 1. The van der Waals surface area contributed by atoms with Gasteiger partial charge < -0.3 is 0 Å². The smallest absolute Gasteiger partial charge is 0.151 e. The Hall–Kier alpha value is -1.48. The third kappa shape index (κ3) is 2.36. The minimum absolute atomic E-state index is 0.598. The second kappa shape index (κ2) is 5.03. The zero-order chi connectivity index (χ0) is 11.4. The summed E-state index contributed by atoms with van der Waals surface area (Å²) >= 11 is 3.40. The molecule has 0 bridgehead atoms. The summed E-state index contributed by atoms with van der Waals surface area (Å²) in [5.41, 5.74) is 3.77. The topological polar surface area (TPSA) is 30.0 Å². The number of hydrogen-bond donors (Lipinski definition) is 0. The molecule has 2 nitrogen and oxygen atoms in total. The number of carbonyl (C=O) groups excluding carboxylic acids is 1. The summed E-state index contributed by atoms with van der Waals surface area (Å²) in [4.78, 5) is 14.7. The first-order valence-electron chi connectivity index (χ1n) is 4.90. The van der Waals surface area contributed by atoms with E-state index < -0.39 is 0 Å². The highest BCUT2D eigenvalue weighted by atomic mass is 79.9. The van der Waals surface area contributed by atoms with Gasteiger partial charge in [-0.1, -0.05) is 40.2 Å². The Labute approximate surface area is 102 Å². The van der Waals surface area contributed by atoms with Crippen LogP contribution in [0.4, 0.5) is 0 Å². The monoisotopic (exact) mass is 275 g/mol. The van der Waals surface area contributed by atoms with Crippen LogP contribution < -0.4 is 0 Å². The van der Waals surface area contributed by atoms with E-state index in [9.17, 15) is 4.79 Å². The van der Waals surface area contributed by atoms with E-state index in [1.165, 1.54) is 5.56 Å². The number of aromatic nitrogens is 1. The Kier molecular flexibility index (Phi) is 3.47. The summed E-state index contributed by atoms with van der Waals surface area (Å²) in [6.45, 7) is 0. The number of pyridine rings is 1. The molecule has 0 radical (unpaired) electrons. The van der Waals surface area contributed by atoms with Crippen molar-refractivity contribution in [1.82, 2.24) is 4.98 Å². The fourth-order valence-electron chi connectivity index (χ4n) is 1.41. The normalized spacial score (nSPS) is 10.1. The van der Waals surface area contributed by atoms with Crippen LogP contribution in [0, 0.1) is 0 Å². The van der Waals surface area contributed by atoms with Gasteiger partial charge in [0.15, 0.2) is 6.29 Å². The fourth-order valence-corrected chi connectivity index (χ4v) is 1.78. The molecule has 0 aliphatic heterocycles. The summed E-state index contributed by atoms with van der Waals surface area (Å²) < 4.78 is 0. The van der Waals surface area contributed by atoms with E-state index in [1.54, 1.807) is 12.3 Å². The van der Waals surface area contributed by atoms with E-state index in [1.807, 2.05) is 18.2 Å². The Morgan fingerprint density at radius 2 is 1.88 bits per heavy atom. The van der Waals surface area contributed by atoms with Crippen LogP contribution in [-0.4, -0.2) is 11.3 Å². The maximum absolute atomic E-state index is 10.5. The maximum Gasteiger partial charge on any atom is 0.151 e. The van der Waals surface area contributed by atoms with Crippen molar-refractivity contribution in [2.24, 2.45) is 0 Å². The Bertz CT molecular complexity index is 476. The highest BCUT2D eigenvalue weighted by Crippen LogP contribution is 2.18. The van der Waals surface area contributed by atoms with E-state index in [4.69, 9.17) is 0 Å². The van der Waals surface area contributed by atoms with Crippen LogP contribution in [0.5, 0.6) is 0 Å². The first kappa shape index (κ1) is 11.0. The highest BCUT2D eigenvalue weighted by molar-refractivity contribution is 9.08. The van der Waals surface area contributed by atoms with E-state index >= 15 is 0 Å². The lowest BCUT2D eigenvalue weighted by atomic mass is 10.1. The fraction of sp³-hybridized carbons (Fsp3) is 0.0769. The summed E-state index contributed by atoms with van der Waals surface area (Å²) in [5, 5.41) is 0.852. The van der Waals surface area contributed by atoms with Crippen molar-refractivity contribution in [3.8, 4) is 11.3 Å².